The van der Waals surface area contributed by atoms with Crippen molar-refractivity contribution in [3.05, 3.63) is 34.9 Å². The number of nitrogens with one attached hydrogen (secondary N) is 1. The summed E-state index contributed by atoms with van der Waals surface area (Å²) in [4.78, 5) is 2.51. The quantitative estimate of drug-likeness (QED) is 0.867. The van der Waals surface area contributed by atoms with Crippen LogP contribution in [0.4, 0.5) is 0 Å². The van der Waals surface area contributed by atoms with Gasteiger partial charge < -0.3 is 5.32 Å². The molecule has 1 N–H and O–H groups in total. The normalized spacial score (nSPS) is 16.8. The highest BCUT2D eigenvalue weighted by Gasteiger charge is 2.26. The first-order chi connectivity index (χ1) is 7.68. The lowest BCUT2D eigenvalue weighted by atomic mass is 10.1. The highest BCUT2D eigenvalue weighted by atomic mass is 35.5. The van der Waals surface area contributed by atoms with Crippen molar-refractivity contribution in [2.45, 2.75) is 32.5 Å². The van der Waals surface area contributed by atoms with E-state index in [0.717, 1.165) is 24.7 Å². The molecule has 1 aromatic rings. The zero-order valence-corrected chi connectivity index (χ0v) is 10.7. The van der Waals surface area contributed by atoms with Crippen LogP contribution in [0, 0.1) is 0 Å². The van der Waals surface area contributed by atoms with Crippen LogP contribution in [0.5, 0.6) is 0 Å². The minimum Gasteiger partial charge on any atom is -0.314 e. The Morgan fingerprint density at radius 3 is 2.56 bits per heavy atom. The summed E-state index contributed by atoms with van der Waals surface area (Å²) in [6.07, 6.45) is 0. The van der Waals surface area contributed by atoms with E-state index in [4.69, 9.17) is 11.6 Å². The Balaban J connectivity index is 2.08. The minimum atomic E-state index is 0.559. The van der Waals surface area contributed by atoms with Gasteiger partial charge in [-0.15, -0.1) is 0 Å². The summed E-state index contributed by atoms with van der Waals surface area (Å²) in [7, 11) is 0. The van der Waals surface area contributed by atoms with Crippen LogP contribution in [0.2, 0.25) is 5.02 Å². The van der Waals surface area contributed by atoms with Crippen molar-refractivity contribution >= 4 is 11.6 Å². The Hall–Kier alpha value is -0.570. The molecule has 1 aliphatic rings. The third-order valence-electron chi connectivity index (χ3n) is 3.20. The minimum absolute atomic E-state index is 0.559. The van der Waals surface area contributed by atoms with E-state index in [0.29, 0.717) is 12.1 Å². The molecular weight excluding hydrogens is 220 g/mol. The Morgan fingerprint density at radius 1 is 1.38 bits per heavy atom. The Kier molecular flexibility index (Phi) is 3.85. The van der Waals surface area contributed by atoms with Crippen molar-refractivity contribution in [2.75, 3.05) is 13.1 Å². The lowest BCUT2D eigenvalue weighted by molar-refractivity contribution is 0.103. The Morgan fingerprint density at radius 2 is 2.06 bits per heavy atom. The van der Waals surface area contributed by atoms with Gasteiger partial charge in [0, 0.05) is 36.7 Å². The molecule has 88 valence electrons. The van der Waals surface area contributed by atoms with E-state index in [1.165, 1.54) is 5.56 Å². The lowest BCUT2D eigenvalue weighted by Crippen LogP contribution is -2.58. The van der Waals surface area contributed by atoms with Gasteiger partial charge in [-0.3, -0.25) is 4.90 Å². The van der Waals surface area contributed by atoms with Crippen molar-refractivity contribution < 1.29 is 0 Å². The fourth-order valence-corrected chi connectivity index (χ4v) is 2.26. The summed E-state index contributed by atoms with van der Waals surface area (Å²) < 4.78 is 0. The zero-order chi connectivity index (χ0) is 11.5. The van der Waals surface area contributed by atoms with Gasteiger partial charge >= 0.3 is 0 Å². The van der Waals surface area contributed by atoms with E-state index in [2.05, 4.69) is 36.2 Å². The molecule has 2 nitrogen and oxygen atoms in total. The second kappa shape index (κ2) is 5.17. The molecule has 0 radical (unpaired) electrons. The van der Waals surface area contributed by atoms with E-state index in [9.17, 15) is 0 Å². The molecule has 1 aromatic carbocycles. The molecule has 0 spiro atoms. The van der Waals surface area contributed by atoms with Gasteiger partial charge in [0.15, 0.2) is 0 Å². The third kappa shape index (κ3) is 2.57. The molecule has 2 rings (SSSR count). The third-order valence-corrected chi connectivity index (χ3v) is 3.57. The molecular formula is C13H19ClN2. The predicted octanol–water partition coefficient (Wildman–Crippen LogP) is 2.52. The standard InChI is InChI=1S/C13H19ClN2/c1-10(2)16(12-7-15-8-12)9-11-5-3-4-6-13(11)14/h3-6,10,12,15H,7-9H2,1-2H3. The first-order valence-corrected chi connectivity index (χ1v) is 6.26. The summed E-state index contributed by atoms with van der Waals surface area (Å²) in [6, 6.07) is 9.34. The van der Waals surface area contributed by atoms with Gasteiger partial charge in [0.2, 0.25) is 0 Å². The van der Waals surface area contributed by atoms with Crippen LogP contribution < -0.4 is 5.32 Å². The summed E-state index contributed by atoms with van der Waals surface area (Å²) in [6.45, 7) is 7.64. The second-order valence-electron chi connectivity index (χ2n) is 4.67. The molecule has 0 aromatic heterocycles. The van der Waals surface area contributed by atoms with Gasteiger partial charge in [-0.05, 0) is 25.5 Å². The lowest BCUT2D eigenvalue weighted by Gasteiger charge is -2.41. The van der Waals surface area contributed by atoms with Gasteiger partial charge in [-0.1, -0.05) is 29.8 Å². The van der Waals surface area contributed by atoms with Crippen LogP contribution in [-0.2, 0) is 6.54 Å². The maximum absolute atomic E-state index is 6.20. The van der Waals surface area contributed by atoms with Gasteiger partial charge in [0.1, 0.15) is 0 Å². The topological polar surface area (TPSA) is 15.3 Å². The zero-order valence-electron chi connectivity index (χ0n) is 9.91. The first kappa shape index (κ1) is 11.9. The van der Waals surface area contributed by atoms with Crippen LogP contribution in [0.15, 0.2) is 24.3 Å². The maximum Gasteiger partial charge on any atom is 0.0451 e. The molecule has 0 saturated carbocycles. The fraction of sp³-hybridized carbons (Fsp3) is 0.538. The summed E-state index contributed by atoms with van der Waals surface area (Å²) in [5.41, 5.74) is 1.23. The SMILES string of the molecule is CC(C)N(Cc1ccccc1Cl)C1CNC1. The molecule has 3 heteroatoms. The highest BCUT2D eigenvalue weighted by molar-refractivity contribution is 6.31. The maximum atomic E-state index is 6.20. The van der Waals surface area contributed by atoms with Crippen LogP contribution in [0.25, 0.3) is 0 Å². The number of hydrogen-bond donors (Lipinski definition) is 1. The predicted molar refractivity (Wildman–Crippen MR) is 68.8 cm³/mol. The number of benzene rings is 1. The Bertz CT molecular complexity index is 348. The van der Waals surface area contributed by atoms with Gasteiger partial charge in [0.25, 0.3) is 0 Å². The van der Waals surface area contributed by atoms with Gasteiger partial charge in [0.05, 0.1) is 0 Å². The molecule has 0 unspecified atom stereocenters. The number of hydrogen-bond acceptors (Lipinski definition) is 2. The van der Waals surface area contributed by atoms with Crippen LogP contribution in [-0.4, -0.2) is 30.1 Å². The van der Waals surface area contributed by atoms with E-state index in [1.807, 2.05) is 12.1 Å². The molecule has 0 aliphatic carbocycles. The van der Waals surface area contributed by atoms with Crippen molar-refractivity contribution in [2.24, 2.45) is 0 Å². The van der Waals surface area contributed by atoms with Crippen molar-refractivity contribution in [1.82, 2.24) is 10.2 Å². The summed E-state index contributed by atoms with van der Waals surface area (Å²) >= 11 is 6.20. The van der Waals surface area contributed by atoms with Crippen molar-refractivity contribution in [3.63, 3.8) is 0 Å². The van der Waals surface area contributed by atoms with Crippen molar-refractivity contribution in [3.8, 4) is 0 Å². The largest absolute Gasteiger partial charge is 0.314 e. The second-order valence-corrected chi connectivity index (χ2v) is 5.08. The Labute approximate surface area is 103 Å². The summed E-state index contributed by atoms with van der Waals surface area (Å²) in [5, 5.41) is 4.20. The molecule has 1 fully saturated rings. The summed E-state index contributed by atoms with van der Waals surface area (Å²) in [5.74, 6) is 0. The van der Waals surface area contributed by atoms with Crippen LogP contribution >= 0.6 is 11.6 Å². The van der Waals surface area contributed by atoms with E-state index in [-0.39, 0.29) is 0 Å². The number of rotatable bonds is 4. The van der Waals surface area contributed by atoms with E-state index >= 15 is 0 Å². The molecule has 0 bridgehead atoms. The van der Waals surface area contributed by atoms with E-state index in [1.54, 1.807) is 0 Å². The first-order valence-electron chi connectivity index (χ1n) is 5.88. The highest BCUT2D eigenvalue weighted by Crippen LogP contribution is 2.20. The number of nitrogens with zero attached hydrogens (tertiary/aromatic N) is 1. The van der Waals surface area contributed by atoms with Crippen LogP contribution in [0.1, 0.15) is 19.4 Å². The molecule has 0 atom stereocenters. The molecule has 16 heavy (non-hydrogen) atoms. The van der Waals surface area contributed by atoms with Gasteiger partial charge in [-0.2, -0.15) is 0 Å². The molecule has 0 amide bonds. The van der Waals surface area contributed by atoms with Crippen molar-refractivity contribution in [1.29, 1.82) is 0 Å². The number of halogens is 1. The molecule has 1 heterocycles. The smallest absolute Gasteiger partial charge is 0.0451 e. The average Bonchev–Trinajstić information content (AvgIpc) is 2.17. The monoisotopic (exact) mass is 238 g/mol. The fourth-order valence-electron chi connectivity index (χ4n) is 2.06. The average molecular weight is 239 g/mol. The van der Waals surface area contributed by atoms with E-state index < -0.39 is 0 Å². The molecule has 1 saturated heterocycles. The molecule has 1 aliphatic heterocycles. The van der Waals surface area contributed by atoms with Gasteiger partial charge in [-0.25, -0.2) is 0 Å². The van der Waals surface area contributed by atoms with Crippen LogP contribution in [0.3, 0.4) is 0 Å².